The average molecular weight is 513 g/mol. The van der Waals surface area contributed by atoms with E-state index in [1.807, 2.05) is 37.3 Å². The first kappa shape index (κ1) is 24.3. The molecule has 2 aromatic rings. The predicted molar refractivity (Wildman–Crippen MR) is 146 cm³/mol. The summed E-state index contributed by atoms with van der Waals surface area (Å²) in [5.74, 6) is 0.670. The molecule has 7 heteroatoms. The standard InChI is InChI=1S/C31H36N4O3/c1-28-8-9-29(17-32)14-22-26(36)27(37)23(35(2)3)15-30(22)10-11-31(29,38-30)24(28)7-6-21(28)19-5-4-18-13-25(33)34-16-20(18)12-19/h4-6,12-14,16,23-24,26-27,36-37H,7-11,15H2,1-3H3,(H2,33,34)/t23-,24?,26+,27+,28+,29?,30+,31-/m0/s1. The SMILES string of the molecule is CN(C)[C@H]1C[C@@]23CC[C@]4(O2)C2CC=C(c5ccc6cc(N)ncc6c5)[C@@]2(C)CCC4(C#N)C=C3[C@@H](O)[C@@H]1O. The van der Waals surface area contributed by atoms with Crippen LogP contribution in [0.3, 0.4) is 0 Å². The second kappa shape index (κ2) is 7.67. The van der Waals surface area contributed by atoms with E-state index in [1.165, 1.54) is 11.1 Å². The molecule has 2 unspecified atom stereocenters. The summed E-state index contributed by atoms with van der Waals surface area (Å²) in [6.45, 7) is 2.35. The van der Waals surface area contributed by atoms with Crippen molar-refractivity contribution in [2.75, 3.05) is 19.8 Å². The Kier molecular flexibility index (Phi) is 4.90. The van der Waals surface area contributed by atoms with Gasteiger partial charge in [-0.25, -0.2) is 4.98 Å². The molecule has 0 amide bonds. The number of aromatic nitrogens is 1. The molecule has 1 saturated heterocycles. The quantitative estimate of drug-likeness (QED) is 0.524. The number of aliphatic hydroxyl groups excluding tert-OH is 2. The highest BCUT2D eigenvalue weighted by atomic mass is 16.5. The highest BCUT2D eigenvalue weighted by Gasteiger charge is 2.74. The number of aliphatic hydroxyl groups is 2. The molecule has 7 nitrogen and oxygen atoms in total. The summed E-state index contributed by atoms with van der Waals surface area (Å²) < 4.78 is 7.27. The van der Waals surface area contributed by atoms with E-state index < -0.39 is 28.8 Å². The van der Waals surface area contributed by atoms with Gasteiger partial charge in [0.1, 0.15) is 17.3 Å². The van der Waals surface area contributed by atoms with Gasteiger partial charge in [-0.15, -0.1) is 0 Å². The number of nitrogen functional groups attached to an aromatic ring is 1. The van der Waals surface area contributed by atoms with Gasteiger partial charge in [0.05, 0.1) is 23.4 Å². The van der Waals surface area contributed by atoms with E-state index in [1.54, 1.807) is 0 Å². The molecule has 8 atom stereocenters. The Hall–Kier alpha value is -2.76. The number of allylic oxidation sites excluding steroid dienone is 2. The Morgan fingerprint density at radius 2 is 1.95 bits per heavy atom. The van der Waals surface area contributed by atoms with Gasteiger partial charge in [-0.3, -0.25) is 0 Å². The zero-order valence-corrected chi connectivity index (χ0v) is 22.3. The molecule has 4 N–H and O–H groups in total. The van der Waals surface area contributed by atoms with Gasteiger partial charge in [-0.2, -0.15) is 5.26 Å². The number of hydrogen-bond donors (Lipinski definition) is 3. The van der Waals surface area contributed by atoms with E-state index in [0.717, 1.165) is 42.0 Å². The first-order valence-electron chi connectivity index (χ1n) is 13.8. The van der Waals surface area contributed by atoms with Gasteiger partial charge in [0, 0.05) is 23.5 Å². The number of likely N-dealkylation sites (N-methyl/N-ethyl adjacent to an activating group) is 1. The summed E-state index contributed by atoms with van der Waals surface area (Å²) in [5.41, 5.74) is 6.94. The summed E-state index contributed by atoms with van der Waals surface area (Å²) in [6.07, 6.45) is 8.88. The Morgan fingerprint density at radius 3 is 2.71 bits per heavy atom. The van der Waals surface area contributed by atoms with Crippen LogP contribution in [-0.4, -0.2) is 63.6 Å². The van der Waals surface area contributed by atoms with Crippen LogP contribution < -0.4 is 5.73 Å². The second-order valence-corrected chi connectivity index (χ2v) is 12.8. The minimum absolute atomic E-state index is 0.139. The van der Waals surface area contributed by atoms with Crippen molar-refractivity contribution in [2.45, 2.75) is 74.9 Å². The molecule has 198 valence electrons. The van der Waals surface area contributed by atoms with E-state index in [-0.39, 0.29) is 17.4 Å². The van der Waals surface area contributed by atoms with Crippen molar-refractivity contribution < 1.29 is 14.9 Å². The maximum Gasteiger partial charge on any atom is 0.123 e. The van der Waals surface area contributed by atoms with Gasteiger partial charge in [0.2, 0.25) is 0 Å². The third kappa shape index (κ3) is 2.84. The van der Waals surface area contributed by atoms with Crippen LogP contribution in [0.15, 0.2) is 48.2 Å². The number of anilines is 1. The van der Waals surface area contributed by atoms with Gasteiger partial charge >= 0.3 is 0 Å². The van der Waals surface area contributed by atoms with Crippen molar-refractivity contribution in [2.24, 2.45) is 16.7 Å². The predicted octanol–water partition coefficient (Wildman–Crippen LogP) is 3.81. The molecule has 7 rings (SSSR count). The summed E-state index contributed by atoms with van der Waals surface area (Å²) in [7, 11) is 3.88. The van der Waals surface area contributed by atoms with E-state index >= 15 is 0 Å². The molecule has 1 aromatic carbocycles. The lowest BCUT2D eigenvalue weighted by molar-refractivity contribution is -0.223. The molecular formula is C31H36N4O3. The van der Waals surface area contributed by atoms with Crippen molar-refractivity contribution in [3.63, 3.8) is 0 Å². The van der Waals surface area contributed by atoms with Crippen LogP contribution in [0.25, 0.3) is 16.3 Å². The largest absolute Gasteiger partial charge is 0.388 e. The summed E-state index contributed by atoms with van der Waals surface area (Å²) in [6, 6.07) is 10.9. The van der Waals surface area contributed by atoms with E-state index in [4.69, 9.17) is 10.5 Å². The molecule has 2 spiro atoms. The molecule has 3 fully saturated rings. The van der Waals surface area contributed by atoms with Crippen molar-refractivity contribution in [3.8, 4) is 6.07 Å². The number of hydrogen-bond acceptors (Lipinski definition) is 7. The molecule has 3 aliphatic carbocycles. The Labute approximate surface area is 223 Å². The Morgan fingerprint density at radius 1 is 1.13 bits per heavy atom. The summed E-state index contributed by atoms with van der Waals surface area (Å²) >= 11 is 0. The van der Waals surface area contributed by atoms with Gasteiger partial charge in [0.25, 0.3) is 0 Å². The molecule has 3 heterocycles. The maximum atomic E-state index is 11.3. The number of nitriles is 1. The smallest absolute Gasteiger partial charge is 0.123 e. The zero-order chi connectivity index (χ0) is 26.7. The lowest BCUT2D eigenvalue weighted by Crippen LogP contribution is -2.66. The number of pyridine rings is 1. The minimum Gasteiger partial charge on any atom is -0.388 e. The normalized spacial score (nSPS) is 43.2. The van der Waals surface area contributed by atoms with Crippen molar-refractivity contribution in [1.29, 1.82) is 5.26 Å². The fourth-order valence-corrected chi connectivity index (χ4v) is 9.02. The zero-order valence-electron chi connectivity index (χ0n) is 22.3. The monoisotopic (exact) mass is 512 g/mol. The minimum atomic E-state index is -1.02. The highest BCUT2D eigenvalue weighted by molar-refractivity contribution is 5.88. The number of rotatable bonds is 2. The van der Waals surface area contributed by atoms with Crippen molar-refractivity contribution in [3.05, 3.63) is 53.8 Å². The van der Waals surface area contributed by atoms with Crippen LogP contribution in [0.5, 0.6) is 0 Å². The second-order valence-electron chi connectivity index (χ2n) is 12.8. The Balaban J connectivity index is 1.31. The van der Waals surface area contributed by atoms with Gasteiger partial charge in [-0.1, -0.05) is 31.2 Å². The van der Waals surface area contributed by atoms with Crippen LogP contribution in [0.4, 0.5) is 5.82 Å². The third-order valence-corrected chi connectivity index (χ3v) is 11.0. The maximum absolute atomic E-state index is 11.3. The lowest BCUT2D eigenvalue weighted by atomic mass is 9.49. The molecule has 38 heavy (non-hydrogen) atoms. The topological polar surface area (TPSA) is 116 Å². The fraction of sp³-hybridized carbons (Fsp3) is 0.548. The van der Waals surface area contributed by atoms with Gasteiger partial charge in [0.15, 0.2) is 0 Å². The van der Waals surface area contributed by atoms with E-state index in [0.29, 0.717) is 18.7 Å². The molecular weight excluding hydrogens is 476 g/mol. The Bertz CT molecular complexity index is 1460. The van der Waals surface area contributed by atoms with Crippen molar-refractivity contribution in [1.82, 2.24) is 9.88 Å². The lowest BCUT2D eigenvalue weighted by Gasteiger charge is -2.61. The van der Waals surface area contributed by atoms with Crippen LogP contribution in [0.1, 0.15) is 51.0 Å². The summed E-state index contributed by atoms with van der Waals surface area (Å²) in [4.78, 5) is 6.29. The number of nitrogens with zero attached hydrogens (tertiary/aromatic N) is 3. The van der Waals surface area contributed by atoms with Crippen LogP contribution in [0, 0.1) is 28.1 Å². The van der Waals surface area contributed by atoms with E-state index in [9.17, 15) is 15.5 Å². The van der Waals surface area contributed by atoms with Crippen LogP contribution >= 0.6 is 0 Å². The van der Waals surface area contributed by atoms with Crippen molar-refractivity contribution >= 4 is 22.2 Å². The average Bonchev–Trinajstić information content (AvgIpc) is 3.42. The first-order chi connectivity index (χ1) is 18.1. The molecule has 2 bridgehead atoms. The molecule has 2 aliphatic heterocycles. The number of fused-ring (bicyclic) bond motifs is 2. The van der Waals surface area contributed by atoms with Crippen LogP contribution in [-0.2, 0) is 4.74 Å². The molecule has 2 saturated carbocycles. The molecule has 0 radical (unpaired) electrons. The first-order valence-corrected chi connectivity index (χ1v) is 13.8. The number of benzene rings is 1. The van der Waals surface area contributed by atoms with Crippen LogP contribution in [0.2, 0.25) is 0 Å². The number of nitrogens with two attached hydrogens (primary N) is 1. The van der Waals surface area contributed by atoms with Gasteiger partial charge < -0.3 is 25.6 Å². The van der Waals surface area contributed by atoms with E-state index in [2.05, 4.69) is 42.3 Å². The highest BCUT2D eigenvalue weighted by Crippen LogP contribution is 2.72. The fourth-order valence-electron chi connectivity index (χ4n) is 9.02. The summed E-state index contributed by atoms with van der Waals surface area (Å²) in [5, 5.41) is 35.1. The molecule has 5 aliphatic rings. The molecule has 1 aromatic heterocycles. The third-order valence-electron chi connectivity index (χ3n) is 11.0. The van der Waals surface area contributed by atoms with Gasteiger partial charge in [-0.05, 0) is 92.3 Å². The number of ether oxygens (including phenoxy) is 1.